The van der Waals surface area contributed by atoms with Gasteiger partial charge in [0.1, 0.15) is 0 Å². The number of morpholine rings is 1. The number of carbonyl (C=O) groups excluding carboxylic acids is 1. The van der Waals surface area contributed by atoms with E-state index in [4.69, 9.17) is 9.47 Å². The number of halogens is 2. The van der Waals surface area contributed by atoms with Crippen molar-refractivity contribution >= 4 is 21.8 Å². The van der Waals surface area contributed by atoms with Gasteiger partial charge in [-0.05, 0) is 30.7 Å². The number of rotatable bonds is 7. The van der Waals surface area contributed by atoms with Crippen LogP contribution in [0.3, 0.4) is 0 Å². The van der Waals surface area contributed by atoms with Crippen LogP contribution in [0.5, 0.6) is 5.75 Å². The molecule has 5 nitrogen and oxygen atoms in total. The molecule has 2 aromatic carbocycles. The van der Waals surface area contributed by atoms with Crippen LogP contribution in [0.1, 0.15) is 17.2 Å². The average Bonchev–Trinajstić information content (AvgIpc) is 2.69. The molecule has 28 heavy (non-hydrogen) atoms. The van der Waals surface area contributed by atoms with Crippen molar-refractivity contribution in [1.29, 1.82) is 0 Å². The van der Waals surface area contributed by atoms with Crippen molar-refractivity contribution in [1.82, 2.24) is 10.2 Å². The molecule has 0 aliphatic carbocycles. The van der Waals surface area contributed by atoms with E-state index in [0.29, 0.717) is 24.2 Å². The van der Waals surface area contributed by atoms with E-state index in [1.165, 1.54) is 17.7 Å². The van der Waals surface area contributed by atoms with Gasteiger partial charge in [-0.2, -0.15) is 0 Å². The van der Waals surface area contributed by atoms with Gasteiger partial charge in [0.15, 0.2) is 18.2 Å². The van der Waals surface area contributed by atoms with Gasteiger partial charge in [-0.15, -0.1) is 0 Å². The van der Waals surface area contributed by atoms with Crippen molar-refractivity contribution in [3.8, 4) is 5.75 Å². The van der Waals surface area contributed by atoms with Crippen molar-refractivity contribution in [2.24, 2.45) is 0 Å². The van der Waals surface area contributed by atoms with E-state index in [0.717, 1.165) is 18.7 Å². The normalized spacial score (nSPS) is 15.8. The van der Waals surface area contributed by atoms with Gasteiger partial charge in [-0.3, -0.25) is 9.69 Å². The third-order valence-corrected chi connectivity index (χ3v) is 5.19. The van der Waals surface area contributed by atoms with E-state index in [1.807, 2.05) is 6.92 Å². The zero-order chi connectivity index (χ0) is 19.9. The maximum Gasteiger partial charge on any atom is 0.258 e. The number of hydrogen-bond acceptors (Lipinski definition) is 4. The summed E-state index contributed by atoms with van der Waals surface area (Å²) in [6.07, 6.45) is 0. The molecule has 1 aliphatic rings. The van der Waals surface area contributed by atoms with Gasteiger partial charge in [0.2, 0.25) is 0 Å². The lowest BCUT2D eigenvalue weighted by Crippen LogP contribution is -2.44. The van der Waals surface area contributed by atoms with Crippen LogP contribution in [0.4, 0.5) is 4.39 Å². The maximum absolute atomic E-state index is 13.8. The van der Waals surface area contributed by atoms with Crippen LogP contribution in [0.2, 0.25) is 0 Å². The van der Waals surface area contributed by atoms with Crippen molar-refractivity contribution < 1.29 is 18.7 Å². The highest BCUT2D eigenvalue weighted by Crippen LogP contribution is 2.23. The monoisotopic (exact) mass is 450 g/mol. The lowest BCUT2D eigenvalue weighted by atomic mass is 10.0. The highest BCUT2D eigenvalue weighted by atomic mass is 79.9. The van der Waals surface area contributed by atoms with Crippen LogP contribution in [-0.2, 0) is 9.53 Å². The third-order valence-electron chi connectivity index (χ3n) is 4.69. The summed E-state index contributed by atoms with van der Waals surface area (Å²) < 4.78 is 25.2. The fourth-order valence-electron chi connectivity index (χ4n) is 3.13. The highest BCUT2D eigenvalue weighted by molar-refractivity contribution is 9.10. The molecule has 7 heteroatoms. The minimum atomic E-state index is -0.506. The lowest BCUT2D eigenvalue weighted by Gasteiger charge is -2.35. The Morgan fingerprint density at radius 2 is 1.96 bits per heavy atom. The quantitative estimate of drug-likeness (QED) is 0.701. The molecule has 0 saturated carbocycles. The van der Waals surface area contributed by atoms with Crippen LogP contribution in [-0.4, -0.2) is 50.3 Å². The molecule has 1 saturated heterocycles. The van der Waals surface area contributed by atoms with E-state index < -0.39 is 5.82 Å². The summed E-state index contributed by atoms with van der Waals surface area (Å²) in [6.45, 7) is 5.26. The molecule has 150 valence electrons. The number of amides is 1. The van der Waals surface area contributed by atoms with E-state index in [2.05, 4.69) is 50.4 Å². The predicted molar refractivity (Wildman–Crippen MR) is 109 cm³/mol. The first-order valence-corrected chi connectivity index (χ1v) is 10.0. The number of aryl methyl sites for hydroxylation is 1. The summed E-state index contributed by atoms with van der Waals surface area (Å²) in [5.74, 6) is -0.734. The lowest BCUT2D eigenvalue weighted by molar-refractivity contribution is -0.123. The van der Waals surface area contributed by atoms with Crippen molar-refractivity contribution in [2.75, 3.05) is 39.5 Å². The smallest absolute Gasteiger partial charge is 0.258 e. The Labute approximate surface area is 172 Å². The molecule has 2 aromatic rings. The van der Waals surface area contributed by atoms with Gasteiger partial charge in [-0.1, -0.05) is 45.8 Å². The van der Waals surface area contributed by atoms with Crippen molar-refractivity contribution in [3.05, 3.63) is 63.9 Å². The second kappa shape index (κ2) is 10.0. The van der Waals surface area contributed by atoms with Gasteiger partial charge in [0, 0.05) is 24.1 Å². The average molecular weight is 451 g/mol. The molecule has 0 bridgehead atoms. The highest BCUT2D eigenvalue weighted by Gasteiger charge is 2.23. The van der Waals surface area contributed by atoms with E-state index in [-0.39, 0.29) is 24.3 Å². The van der Waals surface area contributed by atoms with E-state index in [9.17, 15) is 9.18 Å². The molecule has 1 amide bonds. The second-order valence-electron chi connectivity index (χ2n) is 6.74. The molecule has 1 fully saturated rings. The van der Waals surface area contributed by atoms with E-state index >= 15 is 0 Å². The summed E-state index contributed by atoms with van der Waals surface area (Å²) in [5, 5.41) is 2.92. The Morgan fingerprint density at radius 3 is 2.64 bits per heavy atom. The summed E-state index contributed by atoms with van der Waals surface area (Å²) in [6, 6.07) is 12.9. The molecule has 0 spiro atoms. The Bertz CT molecular complexity index is 795. The van der Waals surface area contributed by atoms with Crippen LogP contribution in [0, 0.1) is 12.7 Å². The largest absolute Gasteiger partial charge is 0.481 e. The van der Waals surface area contributed by atoms with Gasteiger partial charge < -0.3 is 14.8 Å². The molecule has 1 unspecified atom stereocenters. The molecule has 1 N–H and O–H groups in total. The first-order chi connectivity index (χ1) is 13.5. The Morgan fingerprint density at radius 1 is 1.25 bits per heavy atom. The second-order valence-corrected chi connectivity index (χ2v) is 7.66. The summed E-state index contributed by atoms with van der Waals surface area (Å²) in [4.78, 5) is 14.6. The van der Waals surface area contributed by atoms with Crippen LogP contribution in [0.25, 0.3) is 0 Å². The molecule has 1 atom stereocenters. The zero-order valence-electron chi connectivity index (χ0n) is 15.8. The van der Waals surface area contributed by atoms with Gasteiger partial charge >= 0.3 is 0 Å². The zero-order valence-corrected chi connectivity index (χ0v) is 17.4. The molecular weight excluding hydrogens is 427 g/mol. The molecule has 3 rings (SSSR count). The van der Waals surface area contributed by atoms with Crippen LogP contribution < -0.4 is 10.1 Å². The van der Waals surface area contributed by atoms with Crippen molar-refractivity contribution in [3.63, 3.8) is 0 Å². The summed E-state index contributed by atoms with van der Waals surface area (Å²) in [5.41, 5.74) is 2.34. The Kier molecular flexibility index (Phi) is 7.42. The maximum atomic E-state index is 13.8. The minimum Gasteiger partial charge on any atom is -0.481 e. The number of ether oxygens (including phenoxy) is 2. The standard InChI is InChI=1S/C21H24BrFN2O3/c1-15-2-4-16(5-3-15)19(25-8-10-27-11-9-25)13-24-21(26)14-28-20-7-6-17(22)12-18(20)23/h2-7,12,19H,8-11,13-14H2,1H3,(H,24,26). The first-order valence-electron chi connectivity index (χ1n) is 9.26. The molecule has 0 aromatic heterocycles. The van der Waals surface area contributed by atoms with E-state index in [1.54, 1.807) is 6.07 Å². The Hall–Kier alpha value is -1.96. The molecule has 1 aliphatic heterocycles. The minimum absolute atomic E-state index is 0.0536. The molecular formula is C21H24BrFN2O3. The number of hydrogen-bond donors (Lipinski definition) is 1. The topological polar surface area (TPSA) is 50.8 Å². The predicted octanol–water partition coefficient (Wildman–Crippen LogP) is 3.47. The van der Waals surface area contributed by atoms with Gasteiger partial charge in [0.25, 0.3) is 5.91 Å². The van der Waals surface area contributed by atoms with Gasteiger partial charge in [0.05, 0.1) is 19.3 Å². The molecule has 0 radical (unpaired) electrons. The fourth-order valence-corrected chi connectivity index (χ4v) is 3.47. The van der Waals surface area contributed by atoms with Crippen molar-refractivity contribution in [2.45, 2.75) is 13.0 Å². The molecule has 1 heterocycles. The fraction of sp³-hybridized carbons (Fsp3) is 0.381. The summed E-state index contributed by atoms with van der Waals surface area (Å²) in [7, 11) is 0. The SMILES string of the molecule is Cc1ccc(C(CNC(=O)COc2ccc(Br)cc2F)N2CCOCC2)cc1. The van der Waals surface area contributed by atoms with Gasteiger partial charge in [-0.25, -0.2) is 4.39 Å². The summed E-state index contributed by atoms with van der Waals surface area (Å²) >= 11 is 3.19. The Balaban J connectivity index is 1.59. The first kappa shape index (κ1) is 20.8. The van der Waals surface area contributed by atoms with Crippen LogP contribution >= 0.6 is 15.9 Å². The number of nitrogens with one attached hydrogen (secondary N) is 1. The third kappa shape index (κ3) is 5.77. The number of benzene rings is 2. The van der Waals surface area contributed by atoms with Crippen LogP contribution in [0.15, 0.2) is 46.9 Å². The number of nitrogens with zero attached hydrogens (tertiary/aromatic N) is 1. The number of carbonyl (C=O) groups is 1.